The molecule has 1 unspecified atom stereocenters. The zero-order valence-electron chi connectivity index (χ0n) is 16.0. The summed E-state index contributed by atoms with van der Waals surface area (Å²) >= 11 is 0. The number of sulfonamides is 1. The highest BCUT2D eigenvalue weighted by Crippen LogP contribution is 2.17. The van der Waals surface area contributed by atoms with Crippen LogP contribution in [0, 0.1) is 5.92 Å². The summed E-state index contributed by atoms with van der Waals surface area (Å²) in [7, 11) is -0.649. The summed E-state index contributed by atoms with van der Waals surface area (Å²) in [5.41, 5.74) is 0.980. The number of likely N-dealkylation sites (N-methyl/N-ethyl adjacent to an activating group) is 1. The lowest BCUT2D eigenvalue weighted by molar-refractivity contribution is -0.133. The van der Waals surface area contributed by atoms with Gasteiger partial charge in [-0.15, -0.1) is 0 Å². The van der Waals surface area contributed by atoms with Crippen molar-refractivity contribution in [2.45, 2.75) is 31.3 Å². The highest BCUT2D eigenvalue weighted by atomic mass is 32.2. The summed E-state index contributed by atoms with van der Waals surface area (Å²) in [6.45, 7) is 4.04. The average molecular weight is 391 g/mol. The number of rotatable bonds is 8. The summed E-state index contributed by atoms with van der Waals surface area (Å²) in [6, 6.07) is 14.8. The molecule has 1 amide bonds. The average Bonchev–Trinajstić information content (AvgIpc) is 2.66. The summed E-state index contributed by atoms with van der Waals surface area (Å²) < 4.78 is 33.0. The van der Waals surface area contributed by atoms with E-state index in [1.165, 1.54) is 24.1 Å². The van der Waals surface area contributed by atoms with Crippen LogP contribution >= 0.6 is 0 Å². The van der Waals surface area contributed by atoms with Gasteiger partial charge in [-0.3, -0.25) is 4.79 Å². The first kappa shape index (κ1) is 20.9. The Bertz CT molecular complexity index is 849. The number of methoxy groups -OCH3 is 1. The topological polar surface area (TPSA) is 75.7 Å². The van der Waals surface area contributed by atoms with Crippen LogP contribution in [-0.2, 0) is 21.4 Å². The van der Waals surface area contributed by atoms with Gasteiger partial charge >= 0.3 is 0 Å². The van der Waals surface area contributed by atoms with E-state index in [4.69, 9.17) is 4.74 Å². The second kappa shape index (κ2) is 9.01. The van der Waals surface area contributed by atoms with E-state index >= 15 is 0 Å². The summed E-state index contributed by atoms with van der Waals surface area (Å²) in [4.78, 5) is 14.5. The number of nitrogens with zero attached hydrogens (tertiary/aromatic N) is 1. The smallest absolute Gasteiger partial charge is 0.241 e. The molecule has 7 heteroatoms. The molecule has 0 saturated heterocycles. The normalized spacial score (nSPS) is 12.6. The first-order chi connectivity index (χ1) is 12.7. The van der Waals surface area contributed by atoms with Gasteiger partial charge in [0.05, 0.1) is 12.0 Å². The van der Waals surface area contributed by atoms with E-state index in [0.717, 1.165) is 5.56 Å². The second-order valence-electron chi connectivity index (χ2n) is 6.70. The SMILES string of the molecule is COc1ccc(S(=O)(=O)NC(C(=O)N(C)Cc2ccccc2)C(C)C)cc1. The lowest BCUT2D eigenvalue weighted by Crippen LogP contribution is -2.49. The lowest BCUT2D eigenvalue weighted by Gasteiger charge is -2.27. The van der Waals surface area contributed by atoms with E-state index in [1.807, 2.05) is 44.2 Å². The van der Waals surface area contributed by atoms with Gasteiger partial charge in [0.2, 0.25) is 15.9 Å². The Balaban J connectivity index is 2.16. The number of hydrogen-bond donors (Lipinski definition) is 1. The van der Waals surface area contributed by atoms with Gasteiger partial charge in [0.15, 0.2) is 0 Å². The van der Waals surface area contributed by atoms with Gasteiger partial charge in [0.25, 0.3) is 0 Å². The number of ether oxygens (including phenoxy) is 1. The quantitative estimate of drug-likeness (QED) is 0.752. The minimum absolute atomic E-state index is 0.0902. The van der Waals surface area contributed by atoms with Crippen LogP contribution in [0.1, 0.15) is 19.4 Å². The van der Waals surface area contributed by atoms with E-state index in [9.17, 15) is 13.2 Å². The van der Waals surface area contributed by atoms with Crippen LogP contribution in [0.25, 0.3) is 0 Å². The van der Waals surface area contributed by atoms with Gasteiger partial charge < -0.3 is 9.64 Å². The van der Waals surface area contributed by atoms with E-state index < -0.39 is 16.1 Å². The lowest BCUT2D eigenvalue weighted by atomic mass is 10.0. The molecule has 0 aromatic heterocycles. The molecule has 0 bridgehead atoms. The van der Waals surface area contributed by atoms with Crippen LogP contribution in [-0.4, -0.2) is 39.4 Å². The summed E-state index contributed by atoms with van der Waals surface area (Å²) in [6.07, 6.45) is 0. The van der Waals surface area contributed by atoms with Crippen LogP contribution in [0.3, 0.4) is 0 Å². The van der Waals surface area contributed by atoms with Crippen molar-refractivity contribution in [2.24, 2.45) is 5.92 Å². The van der Waals surface area contributed by atoms with Gasteiger partial charge in [-0.2, -0.15) is 4.72 Å². The summed E-state index contributed by atoms with van der Waals surface area (Å²) in [5.74, 6) is 0.0858. The molecule has 27 heavy (non-hydrogen) atoms. The van der Waals surface area contributed by atoms with Gasteiger partial charge in [-0.1, -0.05) is 44.2 Å². The highest BCUT2D eigenvalue weighted by molar-refractivity contribution is 7.89. The molecule has 0 fully saturated rings. The Morgan fingerprint density at radius 1 is 1.07 bits per heavy atom. The highest BCUT2D eigenvalue weighted by Gasteiger charge is 2.30. The molecular weight excluding hydrogens is 364 g/mol. The van der Waals surface area contributed by atoms with Crippen molar-refractivity contribution in [3.05, 3.63) is 60.2 Å². The number of nitrogens with one attached hydrogen (secondary N) is 1. The molecule has 0 aliphatic rings. The standard InChI is InChI=1S/C20H26N2O4S/c1-15(2)19(20(23)22(3)14-16-8-6-5-7-9-16)21-27(24,25)18-12-10-17(26-4)11-13-18/h5-13,15,19,21H,14H2,1-4H3. The predicted octanol–water partition coefficient (Wildman–Crippen LogP) is 2.66. The van der Waals surface area contributed by atoms with Crippen molar-refractivity contribution < 1.29 is 17.9 Å². The number of hydrogen-bond acceptors (Lipinski definition) is 4. The Morgan fingerprint density at radius 2 is 1.67 bits per heavy atom. The van der Waals surface area contributed by atoms with Crippen molar-refractivity contribution in [2.75, 3.05) is 14.2 Å². The minimum atomic E-state index is -3.83. The van der Waals surface area contributed by atoms with Gasteiger partial charge in [0.1, 0.15) is 11.8 Å². The third kappa shape index (κ3) is 5.55. The molecule has 0 aliphatic carbocycles. The number of amides is 1. The van der Waals surface area contributed by atoms with Gasteiger partial charge in [-0.05, 0) is 35.7 Å². The monoisotopic (exact) mass is 390 g/mol. The molecule has 0 radical (unpaired) electrons. The maximum atomic E-state index is 12.9. The molecule has 0 aliphatic heterocycles. The van der Waals surface area contributed by atoms with Crippen molar-refractivity contribution in [1.82, 2.24) is 9.62 Å². The molecule has 2 aromatic rings. The molecule has 6 nitrogen and oxygen atoms in total. The predicted molar refractivity (Wildman–Crippen MR) is 105 cm³/mol. The Morgan fingerprint density at radius 3 is 2.19 bits per heavy atom. The van der Waals surface area contributed by atoms with Crippen LogP contribution in [0.2, 0.25) is 0 Å². The van der Waals surface area contributed by atoms with Crippen LogP contribution in [0.5, 0.6) is 5.75 Å². The molecule has 1 N–H and O–H groups in total. The maximum Gasteiger partial charge on any atom is 0.241 e. The first-order valence-corrected chi connectivity index (χ1v) is 10.2. The van der Waals surface area contributed by atoms with Gasteiger partial charge in [0, 0.05) is 13.6 Å². The molecule has 0 saturated carbocycles. The number of benzene rings is 2. The molecule has 1 atom stereocenters. The number of carbonyl (C=O) groups is 1. The zero-order chi connectivity index (χ0) is 20.0. The fourth-order valence-corrected chi connectivity index (χ4v) is 3.97. The third-order valence-electron chi connectivity index (χ3n) is 4.22. The fraction of sp³-hybridized carbons (Fsp3) is 0.350. The first-order valence-electron chi connectivity index (χ1n) is 8.70. The van der Waals surface area contributed by atoms with E-state index in [2.05, 4.69) is 4.72 Å². The van der Waals surface area contributed by atoms with Crippen LogP contribution in [0.15, 0.2) is 59.5 Å². The fourth-order valence-electron chi connectivity index (χ4n) is 2.63. The molecule has 2 rings (SSSR count). The largest absolute Gasteiger partial charge is 0.497 e. The Kier molecular flexibility index (Phi) is 6.98. The van der Waals surface area contributed by atoms with Crippen molar-refractivity contribution in [1.29, 1.82) is 0 Å². The van der Waals surface area contributed by atoms with Crippen molar-refractivity contribution in [3.63, 3.8) is 0 Å². The van der Waals surface area contributed by atoms with Crippen molar-refractivity contribution >= 4 is 15.9 Å². The summed E-state index contributed by atoms with van der Waals surface area (Å²) in [5, 5.41) is 0. The molecule has 2 aromatic carbocycles. The second-order valence-corrected chi connectivity index (χ2v) is 8.41. The number of carbonyl (C=O) groups excluding carboxylic acids is 1. The Hall–Kier alpha value is -2.38. The van der Waals surface area contributed by atoms with E-state index in [0.29, 0.717) is 12.3 Å². The van der Waals surface area contributed by atoms with Crippen LogP contribution < -0.4 is 9.46 Å². The molecular formula is C20H26N2O4S. The van der Waals surface area contributed by atoms with E-state index in [-0.39, 0.29) is 16.7 Å². The maximum absolute atomic E-state index is 12.9. The van der Waals surface area contributed by atoms with Gasteiger partial charge in [-0.25, -0.2) is 8.42 Å². The van der Waals surface area contributed by atoms with E-state index in [1.54, 1.807) is 19.2 Å². The van der Waals surface area contributed by atoms with Crippen molar-refractivity contribution in [3.8, 4) is 5.75 Å². The zero-order valence-corrected chi connectivity index (χ0v) is 16.9. The molecule has 0 heterocycles. The molecule has 0 spiro atoms. The minimum Gasteiger partial charge on any atom is -0.497 e. The molecule has 146 valence electrons. The third-order valence-corrected chi connectivity index (χ3v) is 5.68. The van der Waals surface area contributed by atoms with Crippen LogP contribution in [0.4, 0.5) is 0 Å². The Labute approximate surface area is 161 Å².